The van der Waals surface area contributed by atoms with Gasteiger partial charge >= 0.3 is 0 Å². The van der Waals surface area contributed by atoms with E-state index in [1.165, 1.54) is 59.0 Å². The van der Waals surface area contributed by atoms with Crippen LogP contribution in [0.4, 0.5) is 28.4 Å². The number of benzene rings is 8. The van der Waals surface area contributed by atoms with Crippen LogP contribution in [0.1, 0.15) is 52.7 Å². The van der Waals surface area contributed by atoms with Crippen molar-refractivity contribution in [2.45, 2.75) is 52.4 Å². The molecule has 0 fully saturated rings. The lowest BCUT2D eigenvalue weighted by Crippen LogP contribution is -2.35. The fourth-order valence-electron chi connectivity index (χ4n) is 9.81. The van der Waals surface area contributed by atoms with E-state index < -0.39 is 0 Å². The van der Waals surface area contributed by atoms with E-state index in [0.717, 1.165) is 61.5 Å². The molecule has 4 nitrogen and oxygen atoms in total. The van der Waals surface area contributed by atoms with Gasteiger partial charge in [0.1, 0.15) is 11.2 Å². The Kier molecular flexibility index (Phi) is 8.60. The third-order valence-electron chi connectivity index (χ3n) is 13.1. The van der Waals surface area contributed by atoms with Crippen molar-refractivity contribution in [1.29, 1.82) is 0 Å². The summed E-state index contributed by atoms with van der Waals surface area (Å²) in [5.41, 5.74) is 17.0. The highest BCUT2D eigenvalue weighted by atomic mass is 32.1. The Morgan fingerprint density at radius 2 is 1.20 bits per heavy atom. The molecule has 0 aliphatic carbocycles. The van der Waals surface area contributed by atoms with Crippen molar-refractivity contribution >= 4 is 111 Å². The molecule has 8 aromatic carbocycles. The first kappa shape index (κ1) is 38.6. The van der Waals surface area contributed by atoms with Crippen molar-refractivity contribution in [3.8, 4) is 16.8 Å². The van der Waals surface area contributed by atoms with Crippen LogP contribution >= 0.6 is 11.3 Å². The van der Waals surface area contributed by atoms with Gasteiger partial charge in [-0.05, 0) is 111 Å². The first-order chi connectivity index (χ1) is 31.0. The minimum atomic E-state index is 0.0141. The Morgan fingerprint density at radius 3 is 1.92 bits per heavy atom. The Hall–Kier alpha value is -7.02. The molecule has 1 aliphatic heterocycles. The molecule has 1 aliphatic rings. The lowest BCUT2D eigenvalue weighted by atomic mass is 9.63. The number of hydrogen-bond acceptors (Lipinski definition) is 4. The molecule has 0 bridgehead atoms. The number of fused-ring (bicyclic) bond motifs is 10. The van der Waals surface area contributed by atoms with Crippen LogP contribution in [0.25, 0.3) is 70.6 Å². The quantitative estimate of drug-likeness (QED) is 0.169. The molecule has 0 spiro atoms. The third-order valence-corrected chi connectivity index (χ3v) is 14.2. The van der Waals surface area contributed by atoms with E-state index in [9.17, 15) is 0 Å². The molecule has 0 atom stereocenters. The van der Waals surface area contributed by atoms with Crippen molar-refractivity contribution in [1.82, 2.24) is 4.57 Å². The third kappa shape index (κ3) is 6.18. The average molecular weight is 845 g/mol. The molecule has 4 heterocycles. The molecular formula is C58H47BN3OS. The maximum Gasteiger partial charge on any atom is 0.211 e. The Labute approximate surface area is 378 Å². The molecule has 1 radical (unpaired) electrons. The van der Waals surface area contributed by atoms with Crippen LogP contribution in [0.5, 0.6) is 0 Å². The molecule has 309 valence electrons. The molecule has 0 unspecified atom stereocenters. The maximum absolute atomic E-state index is 6.58. The number of anilines is 5. The van der Waals surface area contributed by atoms with E-state index in [0.29, 0.717) is 0 Å². The molecule has 11 aromatic rings. The van der Waals surface area contributed by atoms with E-state index in [1.54, 1.807) is 0 Å². The van der Waals surface area contributed by atoms with Crippen LogP contribution in [-0.4, -0.2) is 11.8 Å². The van der Waals surface area contributed by atoms with Crippen LogP contribution in [0.3, 0.4) is 0 Å². The highest BCUT2D eigenvalue weighted by Crippen LogP contribution is 2.45. The molecule has 1 N–H and O–H groups in total. The number of nitrogens with one attached hydrogen (secondary N) is 1. The topological polar surface area (TPSA) is 33.3 Å². The first-order valence-corrected chi connectivity index (χ1v) is 23.1. The number of thiophene rings is 1. The van der Waals surface area contributed by atoms with Crippen molar-refractivity contribution in [2.75, 3.05) is 10.2 Å². The van der Waals surface area contributed by atoms with Gasteiger partial charge in [0, 0.05) is 77.2 Å². The molecular weight excluding hydrogens is 798 g/mol. The number of furan rings is 1. The zero-order valence-electron chi connectivity index (χ0n) is 37.0. The van der Waals surface area contributed by atoms with Gasteiger partial charge in [0.05, 0.1) is 11.2 Å². The van der Waals surface area contributed by atoms with Gasteiger partial charge in [-0.1, -0.05) is 133 Å². The van der Waals surface area contributed by atoms with Crippen molar-refractivity contribution in [3.05, 3.63) is 181 Å². The van der Waals surface area contributed by atoms with Gasteiger partial charge in [-0.2, -0.15) is 0 Å². The predicted molar refractivity (Wildman–Crippen MR) is 276 cm³/mol. The van der Waals surface area contributed by atoms with E-state index in [-0.39, 0.29) is 10.8 Å². The molecule has 3 aromatic heterocycles. The summed E-state index contributed by atoms with van der Waals surface area (Å²) in [6.45, 7) is 13.7. The van der Waals surface area contributed by atoms with E-state index in [2.05, 4.69) is 233 Å². The van der Waals surface area contributed by atoms with E-state index in [4.69, 9.17) is 4.42 Å². The Bertz CT molecular complexity index is 3580. The fraction of sp³-hybridized carbons (Fsp3) is 0.138. The van der Waals surface area contributed by atoms with Crippen LogP contribution in [0.2, 0.25) is 0 Å². The van der Waals surface area contributed by atoms with Gasteiger partial charge in [-0.3, -0.25) is 0 Å². The summed E-state index contributed by atoms with van der Waals surface area (Å²) in [6, 6.07) is 62.0. The monoisotopic (exact) mass is 844 g/mol. The van der Waals surface area contributed by atoms with Gasteiger partial charge < -0.3 is 19.2 Å². The number of para-hydroxylation sites is 3. The standard InChI is InChI=1S/C58H47BN3OS/c1-57(2,3)35-21-24-37(25-22-35)60-48-32-40(61(38-15-9-7-10-16-38)39-17-11-8-12-18-39)26-27-41(48)43-28-29-44-45-33-46-42-19-13-14-20-50(42)63-51(46)34-49(45)62-54(44)53(43)59-56-55(62)47-31-36(58(4,5)6)23-30-52(47)64-56/h7-34,60H,1-6H3. The maximum atomic E-state index is 6.58. The largest absolute Gasteiger partial charge is 0.456 e. The van der Waals surface area contributed by atoms with Gasteiger partial charge in [-0.15, -0.1) is 11.3 Å². The van der Waals surface area contributed by atoms with Gasteiger partial charge in [0.15, 0.2) is 0 Å². The SMILES string of the molecule is CC(C)(C)c1ccc(Nc2cc(N(c3ccccc3)c3ccccc3)ccc2-c2ccc3c4cc5c(cc4n4c3c2[B]c2sc3ccc(C(C)(C)C)cc3c2-4)oc2ccccc25)cc1. The number of nitrogens with zero attached hydrogens (tertiary/aromatic N) is 2. The summed E-state index contributed by atoms with van der Waals surface area (Å²) in [4.78, 5) is 2.34. The van der Waals surface area contributed by atoms with Crippen LogP contribution in [0.15, 0.2) is 174 Å². The highest BCUT2D eigenvalue weighted by Gasteiger charge is 2.31. The zero-order chi connectivity index (χ0) is 43.5. The van der Waals surface area contributed by atoms with Crippen molar-refractivity contribution in [2.24, 2.45) is 0 Å². The zero-order valence-corrected chi connectivity index (χ0v) is 37.8. The van der Waals surface area contributed by atoms with E-state index in [1.807, 2.05) is 11.3 Å². The lowest BCUT2D eigenvalue weighted by molar-refractivity contribution is 0.590. The van der Waals surface area contributed by atoms with Crippen LogP contribution in [-0.2, 0) is 10.8 Å². The lowest BCUT2D eigenvalue weighted by Gasteiger charge is -2.27. The minimum absolute atomic E-state index is 0.0141. The molecule has 0 amide bonds. The molecule has 64 heavy (non-hydrogen) atoms. The first-order valence-electron chi connectivity index (χ1n) is 22.2. The molecule has 12 rings (SSSR count). The Morgan fingerprint density at radius 1 is 0.531 bits per heavy atom. The summed E-state index contributed by atoms with van der Waals surface area (Å²) >= 11 is 1.88. The minimum Gasteiger partial charge on any atom is -0.456 e. The highest BCUT2D eigenvalue weighted by molar-refractivity contribution is 7.29. The number of hydrogen-bond donors (Lipinski definition) is 1. The van der Waals surface area contributed by atoms with Crippen molar-refractivity contribution < 1.29 is 4.42 Å². The summed E-state index contributed by atoms with van der Waals surface area (Å²) in [5, 5.41) is 9.97. The van der Waals surface area contributed by atoms with Gasteiger partial charge in [0.2, 0.25) is 7.28 Å². The molecule has 0 saturated carbocycles. The Balaban J connectivity index is 1.12. The average Bonchev–Trinajstić information content (AvgIpc) is 3.95. The predicted octanol–water partition coefficient (Wildman–Crippen LogP) is 15.3. The summed E-state index contributed by atoms with van der Waals surface area (Å²) < 4.78 is 11.7. The van der Waals surface area contributed by atoms with E-state index >= 15 is 0 Å². The van der Waals surface area contributed by atoms with Gasteiger partial charge in [-0.25, -0.2) is 0 Å². The summed E-state index contributed by atoms with van der Waals surface area (Å²) in [6.07, 6.45) is 0. The van der Waals surface area contributed by atoms with Crippen molar-refractivity contribution in [3.63, 3.8) is 0 Å². The second-order valence-corrected chi connectivity index (χ2v) is 20.4. The van der Waals surface area contributed by atoms with Crippen LogP contribution < -0.4 is 20.5 Å². The second-order valence-electron chi connectivity index (χ2n) is 19.3. The normalized spacial score (nSPS) is 12.7. The number of aromatic nitrogens is 1. The smallest absolute Gasteiger partial charge is 0.211 e. The van der Waals surface area contributed by atoms with Crippen LogP contribution in [0, 0.1) is 0 Å². The molecule has 6 heteroatoms. The number of rotatable bonds is 6. The van der Waals surface area contributed by atoms with Gasteiger partial charge in [0.25, 0.3) is 0 Å². The summed E-state index contributed by atoms with van der Waals surface area (Å²) in [5.74, 6) is 0. The summed E-state index contributed by atoms with van der Waals surface area (Å²) in [7, 11) is 2.46. The second kappa shape index (κ2) is 14.3. The molecule has 0 saturated heterocycles. The fourth-order valence-corrected chi connectivity index (χ4v) is 10.9.